The number of halogens is 1. The summed E-state index contributed by atoms with van der Waals surface area (Å²) in [5, 5.41) is 7.72. The predicted octanol–water partition coefficient (Wildman–Crippen LogP) is 5.05. The number of fused-ring (bicyclic) bond motifs is 1. The number of Topliss-reactive ketones (excluding diaryl/α,β-unsaturated/α-hetero) is 1. The summed E-state index contributed by atoms with van der Waals surface area (Å²) in [4.78, 5) is 17.6. The molecular weight excluding hydrogens is 435 g/mol. The molecule has 1 N–H and O–H groups in total. The van der Waals surface area contributed by atoms with Crippen molar-refractivity contribution in [3.63, 3.8) is 0 Å². The number of carbonyl (C=O) groups is 1. The molecule has 5 rings (SSSR count). The SMILES string of the molecule is CCOc1cc(C2C3=C(CC(C)(C)CC3=O)Nc3ncnn32)ccc1OCc1ccccc1F. The number of allylic oxidation sites excluding steroid dienone is 2. The van der Waals surface area contributed by atoms with Gasteiger partial charge >= 0.3 is 0 Å². The minimum Gasteiger partial charge on any atom is -0.490 e. The molecule has 0 radical (unpaired) electrons. The number of hydrogen-bond donors (Lipinski definition) is 1. The molecule has 2 aromatic carbocycles. The fourth-order valence-corrected chi connectivity index (χ4v) is 4.71. The van der Waals surface area contributed by atoms with E-state index in [1.165, 1.54) is 12.4 Å². The summed E-state index contributed by atoms with van der Waals surface area (Å²) in [5.41, 5.74) is 2.78. The maximum atomic E-state index is 14.0. The van der Waals surface area contributed by atoms with Gasteiger partial charge in [-0.1, -0.05) is 38.1 Å². The highest BCUT2D eigenvalue weighted by molar-refractivity contribution is 6.00. The number of ketones is 1. The van der Waals surface area contributed by atoms with Crippen molar-refractivity contribution in [2.45, 2.75) is 46.3 Å². The first kappa shape index (κ1) is 22.1. The van der Waals surface area contributed by atoms with Crippen LogP contribution in [0, 0.1) is 11.2 Å². The molecule has 176 valence electrons. The molecule has 1 atom stereocenters. The lowest BCUT2D eigenvalue weighted by atomic mass is 9.73. The Morgan fingerprint density at radius 3 is 2.76 bits per heavy atom. The zero-order valence-electron chi connectivity index (χ0n) is 19.5. The maximum absolute atomic E-state index is 14.0. The van der Waals surface area contributed by atoms with Crippen LogP contribution >= 0.6 is 0 Å². The molecule has 7 nitrogen and oxygen atoms in total. The van der Waals surface area contributed by atoms with E-state index in [4.69, 9.17) is 9.47 Å². The maximum Gasteiger partial charge on any atom is 0.226 e. The first-order valence-corrected chi connectivity index (χ1v) is 11.4. The first-order valence-electron chi connectivity index (χ1n) is 11.4. The van der Waals surface area contributed by atoms with E-state index in [1.54, 1.807) is 28.9 Å². The van der Waals surface area contributed by atoms with Crippen molar-refractivity contribution in [1.82, 2.24) is 14.8 Å². The average molecular weight is 463 g/mol. The second-order valence-corrected chi connectivity index (χ2v) is 9.41. The zero-order valence-corrected chi connectivity index (χ0v) is 19.5. The Labute approximate surface area is 197 Å². The Bertz CT molecular complexity index is 1280. The Kier molecular flexibility index (Phi) is 5.59. The van der Waals surface area contributed by atoms with Crippen LogP contribution in [-0.2, 0) is 11.4 Å². The number of anilines is 1. The third-order valence-electron chi connectivity index (χ3n) is 6.20. The van der Waals surface area contributed by atoms with Crippen LogP contribution in [0.4, 0.5) is 10.3 Å². The topological polar surface area (TPSA) is 78.3 Å². The average Bonchev–Trinajstić information content (AvgIpc) is 3.25. The normalized spacial score (nSPS) is 18.7. The summed E-state index contributed by atoms with van der Waals surface area (Å²) in [7, 11) is 0. The number of ether oxygens (including phenoxy) is 2. The summed E-state index contributed by atoms with van der Waals surface area (Å²) in [6.45, 7) is 6.59. The highest BCUT2D eigenvalue weighted by atomic mass is 19.1. The Morgan fingerprint density at radius 2 is 1.97 bits per heavy atom. The largest absolute Gasteiger partial charge is 0.490 e. The molecule has 0 fully saturated rings. The lowest BCUT2D eigenvalue weighted by Crippen LogP contribution is -2.36. The summed E-state index contributed by atoms with van der Waals surface area (Å²) >= 11 is 0. The molecule has 1 aliphatic carbocycles. The van der Waals surface area contributed by atoms with Gasteiger partial charge in [-0.3, -0.25) is 4.79 Å². The van der Waals surface area contributed by atoms with Gasteiger partial charge in [-0.25, -0.2) is 9.07 Å². The quantitative estimate of drug-likeness (QED) is 0.552. The molecule has 34 heavy (non-hydrogen) atoms. The second kappa shape index (κ2) is 8.59. The summed E-state index contributed by atoms with van der Waals surface area (Å²) in [6.07, 6.45) is 2.70. The smallest absolute Gasteiger partial charge is 0.226 e. The van der Waals surface area contributed by atoms with E-state index in [2.05, 4.69) is 29.2 Å². The number of rotatable bonds is 6. The van der Waals surface area contributed by atoms with E-state index in [9.17, 15) is 9.18 Å². The van der Waals surface area contributed by atoms with Gasteiger partial charge in [0.2, 0.25) is 5.95 Å². The molecule has 2 heterocycles. The van der Waals surface area contributed by atoms with Crippen LogP contribution in [0.1, 0.15) is 50.8 Å². The van der Waals surface area contributed by atoms with Crippen molar-refractivity contribution in [3.8, 4) is 11.5 Å². The van der Waals surface area contributed by atoms with Gasteiger partial charge in [-0.15, -0.1) is 0 Å². The van der Waals surface area contributed by atoms with Crippen LogP contribution in [0.15, 0.2) is 60.1 Å². The number of nitrogens with one attached hydrogen (secondary N) is 1. The van der Waals surface area contributed by atoms with Gasteiger partial charge in [0.1, 0.15) is 24.8 Å². The fourth-order valence-electron chi connectivity index (χ4n) is 4.71. The van der Waals surface area contributed by atoms with Crippen molar-refractivity contribution >= 4 is 11.7 Å². The van der Waals surface area contributed by atoms with Gasteiger partial charge in [0.15, 0.2) is 17.3 Å². The van der Waals surface area contributed by atoms with E-state index in [-0.39, 0.29) is 23.6 Å². The van der Waals surface area contributed by atoms with Crippen molar-refractivity contribution in [2.75, 3.05) is 11.9 Å². The summed E-state index contributed by atoms with van der Waals surface area (Å²) in [5.74, 6) is 1.42. The third kappa shape index (κ3) is 4.04. The highest BCUT2D eigenvalue weighted by Crippen LogP contribution is 2.46. The molecule has 2 aliphatic rings. The molecule has 0 saturated heterocycles. The van der Waals surface area contributed by atoms with Crippen LogP contribution in [0.25, 0.3) is 0 Å². The number of benzene rings is 2. The number of carbonyl (C=O) groups excluding carboxylic acids is 1. The Morgan fingerprint density at radius 1 is 1.15 bits per heavy atom. The van der Waals surface area contributed by atoms with Crippen LogP contribution < -0.4 is 14.8 Å². The standard InChI is InChI=1S/C26H27FN4O3/c1-4-33-22-11-16(9-10-21(22)34-14-17-7-5-6-8-18(17)27)24-23-19(12-26(2,3)13-20(23)32)30-25-28-15-29-31(24)25/h5-11,15,24H,4,12-14H2,1-3H3,(H,28,29,30). The molecule has 1 unspecified atom stereocenters. The summed E-state index contributed by atoms with van der Waals surface area (Å²) < 4.78 is 27.6. The molecule has 8 heteroatoms. The van der Waals surface area contributed by atoms with Gasteiger partial charge in [0.25, 0.3) is 0 Å². The lowest BCUT2D eigenvalue weighted by molar-refractivity contribution is -0.118. The van der Waals surface area contributed by atoms with Crippen LogP contribution in [0.3, 0.4) is 0 Å². The molecule has 0 saturated carbocycles. The molecule has 0 bridgehead atoms. The Balaban J connectivity index is 1.52. The molecule has 0 spiro atoms. The number of aromatic nitrogens is 3. The zero-order chi connectivity index (χ0) is 23.9. The number of nitrogens with zero attached hydrogens (tertiary/aromatic N) is 3. The highest BCUT2D eigenvalue weighted by Gasteiger charge is 2.41. The van der Waals surface area contributed by atoms with Crippen molar-refractivity contribution in [3.05, 3.63) is 77.0 Å². The van der Waals surface area contributed by atoms with Gasteiger partial charge in [-0.2, -0.15) is 10.1 Å². The molecule has 0 amide bonds. The van der Waals surface area contributed by atoms with Gasteiger partial charge in [0, 0.05) is 23.3 Å². The molecule has 1 aliphatic heterocycles. The Hall–Kier alpha value is -3.68. The van der Waals surface area contributed by atoms with Crippen molar-refractivity contribution in [2.24, 2.45) is 5.41 Å². The van der Waals surface area contributed by atoms with Crippen molar-refractivity contribution < 1.29 is 18.7 Å². The van der Waals surface area contributed by atoms with Gasteiger partial charge in [0.05, 0.1) is 6.61 Å². The summed E-state index contributed by atoms with van der Waals surface area (Å²) in [6, 6.07) is 11.7. The molecular formula is C26H27FN4O3. The fraction of sp³-hybridized carbons (Fsp3) is 0.346. The molecule has 3 aromatic rings. The lowest BCUT2D eigenvalue weighted by Gasteiger charge is -2.38. The second-order valence-electron chi connectivity index (χ2n) is 9.41. The third-order valence-corrected chi connectivity index (χ3v) is 6.20. The predicted molar refractivity (Wildman–Crippen MR) is 125 cm³/mol. The van der Waals surface area contributed by atoms with Gasteiger partial charge in [-0.05, 0) is 42.5 Å². The minimum atomic E-state index is -0.419. The van der Waals surface area contributed by atoms with Gasteiger partial charge < -0.3 is 14.8 Å². The van der Waals surface area contributed by atoms with Crippen LogP contribution in [0.5, 0.6) is 11.5 Å². The number of hydrogen-bond acceptors (Lipinski definition) is 6. The van der Waals surface area contributed by atoms with E-state index in [1.807, 2.05) is 19.1 Å². The van der Waals surface area contributed by atoms with E-state index >= 15 is 0 Å². The van der Waals surface area contributed by atoms with Crippen molar-refractivity contribution in [1.29, 1.82) is 0 Å². The minimum absolute atomic E-state index is 0.0789. The van der Waals surface area contributed by atoms with E-state index < -0.39 is 6.04 Å². The van der Waals surface area contributed by atoms with E-state index in [0.29, 0.717) is 41.6 Å². The first-order chi connectivity index (χ1) is 16.4. The van der Waals surface area contributed by atoms with E-state index in [0.717, 1.165) is 17.7 Å². The van der Waals surface area contributed by atoms with Crippen LogP contribution in [-0.4, -0.2) is 27.2 Å². The molecule has 1 aromatic heterocycles. The van der Waals surface area contributed by atoms with Crippen LogP contribution in [0.2, 0.25) is 0 Å². The monoisotopic (exact) mass is 462 g/mol.